The van der Waals surface area contributed by atoms with E-state index in [2.05, 4.69) is 20.9 Å². The molecule has 1 unspecified atom stereocenters. The molecule has 1 aromatic heterocycles. The van der Waals surface area contributed by atoms with Crippen molar-refractivity contribution in [1.82, 2.24) is 4.98 Å². The maximum Gasteiger partial charge on any atom is 0.152 e. The van der Waals surface area contributed by atoms with Crippen molar-refractivity contribution in [2.75, 3.05) is 5.06 Å². The highest BCUT2D eigenvalue weighted by molar-refractivity contribution is 9.10. The standard InChI is InChI=1S/C13H17BrN2O2/c1-9(2)18-12-5-4-11(7-12)16(17)13-6-3-10(14)8-15-13/h3-6,8-9,11-12,17H,7H2,1-2H3/t11-,12?/m1/s1. The number of rotatable bonds is 4. The van der Waals surface area contributed by atoms with E-state index in [0.29, 0.717) is 5.82 Å². The first kappa shape index (κ1) is 13.5. The highest BCUT2D eigenvalue weighted by Gasteiger charge is 2.25. The van der Waals surface area contributed by atoms with E-state index < -0.39 is 0 Å². The molecule has 0 amide bonds. The first-order valence-corrected chi connectivity index (χ1v) is 6.79. The maximum atomic E-state index is 10.1. The van der Waals surface area contributed by atoms with Gasteiger partial charge in [0.15, 0.2) is 5.82 Å². The average molecular weight is 313 g/mol. The Hall–Kier alpha value is -0.910. The zero-order valence-corrected chi connectivity index (χ0v) is 12.0. The lowest BCUT2D eigenvalue weighted by molar-refractivity contribution is 0.0308. The molecule has 0 fully saturated rings. The number of hydrogen-bond donors (Lipinski definition) is 1. The largest absolute Gasteiger partial charge is 0.371 e. The second-order valence-electron chi connectivity index (χ2n) is 4.59. The summed E-state index contributed by atoms with van der Waals surface area (Å²) in [5, 5.41) is 11.3. The van der Waals surface area contributed by atoms with Crippen LogP contribution in [0.15, 0.2) is 35.0 Å². The monoisotopic (exact) mass is 312 g/mol. The SMILES string of the molecule is CC(C)OC1C=C[C@@H](N(O)c2ccc(Br)cn2)C1. The van der Waals surface area contributed by atoms with Crippen LogP contribution < -0.4 is 5.06 Å². The van der Waals surface area contributed by atoms with E-state index in [0.717, 1.165) is 10.9 Å². The Morgan fingerprint density at radius 3 is 2.83 bits per heavy atom. The summed E-state index contributed by atoms with van der Waals surface area (Å²) >= 11 is 3.32. The highest BCUT2D eigenvalue weighted by Crippen LogP contribution is 2.23. The lowest BCUT2D eigenvalue weighted by Crippen LogP contribution is -2.31. The van der Waals surface area contributed by atoms with Crippen molar-refractivity contribution in [3.8, 4) is 0 Å². The minimum atomic E-state index is -0.0811. The van der Waals surface area contributed by atoms with E-state index in [4.69, 9.17) is 4.74 Å². The number of anilines is 1. The molecule has 0 aromatic carbocycles. The molecule has 2 rings (SSSR count). The van der Waals surface area contributed by atoms with Crippen LogP contribution in [0.5, 0.6) is 0 Å². The summed E-state index contributed by atoms with van der Waals surface area (Å²) in [6, 6.07) is 3.54. The molecule has 98 valence electrons. The minimum Gasteiger partial charge on any atom is -0.371 e. The number of pyridine rings is 1. The molecule has 0 spiro atoms. The zero-order chi connectivity index (χ0) is 13.1. The van der Waals surface area contributed by atoms with E-state index in [9.17, 15) is 5.21 Å². The van der Waals surface area contributed by atoms with E-state index in [1.807, 2.05) is 32.1 Å². The van der Waals surface area contributed by atoms with Crippen LogP contribution in [-0.4, -0.2) is 28.4 Å². The predicted molar refractivity (Wildman–Crippen MR) is 73.8 cm³/mol. The van der Waals surface area contributed by atoms with Gasteiger partial charge >= 0.3 is 0 Å². The van der Waals surface area contributed by atoms with Crippen LogP contribution in [0.4, 0.5) is 5.82 Å². The molecule has 0 saturated carbocycles. The Morgan fingerprint density at radius 2 is 2.22 bits per heavy atom. The number of hydrogen-bond acceptors (Lipinski definition) is 4. The molecule has 2 atom stereocenters. The number of aromatic nitrogens is 1. The maximum absolute atomic E-state index is 10.1. The first-order valence-electron chi connectivity index (χ1n) is 5.99. The Kier molecular flexibility index (Phi) is 4.37. The van der Waals surface area contributed by atoms with Gasteiger partial charge in [-0.2, -0.15) is 0 Å². The number of nitrogens with zero attached hydrogens (tertiary/aromatic N) is 2. The van der Waals surface area contributed by atoms with Gasteiger partial charge in [0.1, 0.15) is 0 Å². The van der Waals surface area contributed by atoms with Crippen LogP contribution in [0.25, 0.3) is 0 Å². The Bertz CT molecular complexity index is 420. The molecule has 1 N–H and O–H groups in total. The van der Waals surface area contributed by atoms with Gasteiger partial charge in [0.2, 0.25) is 0 Å². The van der Waals surface area contributed by atoms with Crippen molar-refractivity contribution in [2.45, 2.75) is 38.5 Å². The van der Waals surface area contributed by atoms with Gasteiger partial charge in [0.05, 0.1) is 18.2 Å². The van der Waals surface area contributed by atoms with Crippen molar-refractivity contribution in [3.05, 3.63) is 35.0 Å². The average Bonchev–Trinajstić information content (AvgIpc) is 2.76. The number of ether oxygens (including phenoxy) is 1. The summed E-state index contributed by atoms with van der Waals surface area (Å²) in [5.41, 5.74) is 0. The third-order valence-corrected chi connectivity index (χ3v) is 3.20. The molecule has 0 aliphatic heterocycles. The van der Waals surface area contributed by atoms with Crippen LogP contribution in [0.1, 0.15) is 20.3 Å². The summed E-state index contributed by atoms with van der Waals surface area (Å²) < 4.78 is 6.59. The summed E-state index contributed by atoms with van der Waals surface area (Å²) in [7, 11) is 0. The normalized spacial score (nSPS) is 22.7. The molecule has 1 aliphatic carbocycles. The summed E-state index contributed by atoms with van der Waals surface area (Å²) in [6.07, 6.45) is 6.62. The molecule has 1 heterocycles. The van der Waals surface area contributed by atoms with E-state index in [1.54, 1.807) is 12.3 Å². The fraction of sp³-hybridized carbons (Fsp3) is 0.462. The van der Waals surface area contributed by atoms with Crippen molar-refractivity contribution >= 4 is 21.7 Å². The van der Waals surface area contributed by atoms with E-state index in [1.165, 1.54) is 5.06 Å². The van der Waals surface area contributed by atoms with Crippen molar-refractivity contribution in [3.63, 3.8) is 0 Å². The summed E-state index contributed by atoms with van der Waals surface area (Å²) in [5.74, 6) is 0.540. The fourth-order valence-corrected chi connectivity index (χ4v) is 2.19. The lowest BCUT2D eigenvalue weighted by Gasteiger charge is -2.23. The van der Waals surface area contributed by atoms with Crippen molar-refractivity contribution in [1.29, 1.82) is 0 Å². The first-order chi connectivity index (χ1) is 8.56. The lowest BCUT2D eigenvalue weighted by atomic mass is 10.2. The number of halogens is 1. The topological polar surface area (TPSA) is 45.6 Å². The third kappa shape index (κ3) is 3.31. The van der Waals surface area contributed by atoms with Gasteiger partial charge in [-0.1, -0.05) is 12.2 Å². The molecule has 0 saturated heterocycles. The van der Waals surface area contributed by atoms with Gasteiger partial charge in [-0.3, -0.25) is 5.21 Å². The second-order valence-corrected chi connectivity index (χ2v) is 5.51. The number of hydroxylamine groups is 1. The van der Waals surface area contributed by atoms with Gasteiger partial charge in [0, 0.05) is 17.1 Å². The fourth-order valence-electron chi connectivity index (χ4n) is 1.95. The Balaban J connectivity index is 1.97. The molecule has 0 bridgehead atoms. The molecule has 0 radical (unpaired) electrons. The van der Waals surface area contributed by atoms with Crippen LogP contribution >= 0.6 is 15.9 Å². The molecule has 4 nitrogen and oxygen atoms in total. The Morgan fingerprint density at radius 1 is 1.44 bits per heavy atom. The van der Waals surface area contributed by atoms with Gasteiger partial charge in [-0.25, -0.2) is 10.0 Å². The Labute approximate surface area is 115 Å². The molecule has 1 aromatic rings. The van der Waals surface area contributed by atoms with Crippen LogP contribution in [-0.2, 0) is 4.74 Å². The van der Waals surface area contributed by atoms with Crippen LogP contribution in [0, 0.1) is 0 Å². The second kappa shape index (κ2) is 5.82. The molecular formula is C13H17BrN2O2. The van der Waals surface area contributed by atoms with E-state index in [-0.39, 0.29) is 18.2 Å². The molecule has 5 heteroatoms. The summed E-state index contributed by atoms with van der Waals surface area (Å²) in [4.78, 5) is 4.16. The van der Waals surface area contributed by atoms with Gasteiger partial charge in [-0.05, 0) is 41.9 Å². The van der Waals surface area contributed by atoms with Crippen molar-refractivity contribution in [2.24, 2.45) is 0 Å². The molecule has 1 aliphatic rings. The van der Waals surface area contributed by atoms with Crippen LogP contribution in [0.3, 0.4) is 0 Å². The van der Waals surface area contributed by atoms with Gasteiger partial charge < -0.3 is 4.74 Å². The smallest absolute Gasteiger partial charge is 0.152 e. The van der Waals surface area contributed by atoms with Crippen molar-refractivity contribution < 1.29 is 9.94 Å². The third-order valence-electron chi connectivity index (χ3n) is 2.73. The summed E-state index contributed by atoms with van der Waals surface area (Å²) in [6.45, 7) is 4.02. The molecule has 18 heavy (non-hydrogen) atoms. The minimum absolute atomic E-state index is 0.0695. The quantitative estimate of drug-likeness (QED) is 0.685. The van der Waals surface area contributed by atoms with E-state index >= 15 is 0 Å². The predicted octanol–water partition coefficient (Wildman–Crippen LogP) is 3.16. The van der Waals surface area contributed by atoms with Gasteiger partial charge in [0.25, 0.3) is 0 Å². The van der Waals surface area contributed by atoms with Gasteiger partial charge in [-0.15, -0.1) is 0 Å². The molecular weight excluding hydrogens is 296 g/mol. The zero-order valence-electron chi connectivity index (χ0n) is 10.5. The highest BCUT2D eigenvalue weighted by atomic mass is 79.9. The van der Waals surface area contributed by atoms with Crippen LogP contribution in [0.2, 0.25) is 0 Å².